The average Bonchev–Trinajstić information content (AvgIpc) is 2.52. The number of hydrogen-bond acceptors (Lipinski definition) is 4. The molecule has 0 saturated carbocycles. The zero-order valence-electron chi connectivity index (χ0n) is 11.2. The highest BCUT2D eigenvalue weighted by atomic mass is 16.5. The molecule has 1 aromatic heterocycles. The van der Waals surface area contributed by atoms with Gasteiger partial charge in [-0.2, -0.15) is 0 Å². The first-order valence-corrected chi connectivity index (χ1v) is 6.33. The summed E-state index contributed by atoms with van der Waals surface area (Å²) >= 11 is 0. The molecule has 0 aliphatic rings. The van der Waals surface area contributed by atoms with Gasteiger partial charge in [-0.25, -0.2) is 4.79 Å². The summed E-state index contributed by atoms with van der Waals surface area (Å²) in [6, 6.07) is 12.8. The molecule has 0 N–H and O–H groups in total. The van der Waals surface area contributed by atoms with Crippen LogP contribution in [0.15, 0.2) is 42.5 Å². The van der Waals surface area contributed by atoms with Crippen molar-refractivity contribution in [1.82, 2.24) is 4.98 Å². The van der Waals surface area contributed by atoms with Crippen molar-refractivity contribution < 1.29 is 14.3 Å². The number of ether oxygens (including phenoxy) is 1. The van der Waals surface area contributed by atoms with E-state index >= 15 is 0 Å². The predicted octanol–water partition coefficient (Wildman–Crippen LogP) is 2.67. The summed E-state index contributed by atoms with van der Waals surface area (Å²) in [6.07, 6.45) is 1.99. The zero-order valence-corrected chi connectivity index (χ0v) is 11.2. The van der Waals surface area contributed by atoms with Crippen LogP contribution in [-0.2, 0) is 16.0 Å². The Kier molecular flexibility index (Phi) is 4.60. The van der Waals surface area contributed by atoms with Crippen LogP contribution in [0.3, 0.4) is 0 Å². The topological polar surface area (TPSA) is 56.3 Å². The van der Waals surface area contributed by atoms with Crippen molar-refractivity contribution in [2.24, 2.45) is 0 Å². The van der Waals surface area contributed by atoms with Gasteiger partial charge >= 0.3 is 5.97 Å². The quantitative estimate of drug-likeness (QED) is 0.618. The number of pyridine rings is 1. The van der Waals surface area contributed by atoms with Gasteiger partial charge in [0.25, 0.3) is 0 Å². The number of aldehydes is 1. The number of carbonyl (C=O) groups excluding carboxylic acids is 2. The van der Waals surface area contributed by atoms with Crippen molar-refractivity contribution >= 4 is 12.3 Å². The lowest BCUT2D eigenvalue weighted by Gasteiger charge is -2.05. The van der Waals surface area contributed by atoms with E-state index < -0.39 is 0 Å². The van der Waals surface area contributed by atoms with Gasteiger partial charge in [0.1, 0.15) is 6.29 Å². The van der Waals surface area contributed by atoms with Crippen molar-refractivity contribution in [3.63, 3.8) is 0 Å². The average molecular weight is 269 g/mol. The summed E-state index contributed by atoms with van der Waals surface area (Å²) in [5, 5.41) is 0. The largest absolute Gasteiger partial charge is 0.465 e. The third-order valence-electron chi connectivity index (χ3n) is 2.93. The lowest BCUT2D eigenvalue weighted by molar-refractivity contribution is -0.107. The first-order valence-electron chi connectivity index (χ1n) is 6.33. The summed E-state index contributed by atoms with van der Waals surface area (Å²) in [5.74, 6) is -0.357. The number of hydrogen-bond donors (Lipinski definition) is 0. The second kappa shape index (κ2) is 6.61. The number of rotatable bonds is 5. The zero-order chi connectivity index (χ0) is 14.4. The molecule has 0 saturated heterocycles. The molecule has 4 nitrogen and oxygen atoms in total. The molecule has 102 valence electrons. The molecule has 0 aliphatic carbocycles. The van der Waals surface area contributed by atoms with Gasteiger partial charge in [0.05, 0.1) is 18.4 Å². The second-order valence-corrected chi connectivity index (χ2v) is 4.29. The highest BCUT2D eigenvalue weighted by Crippen LogP contribution is 2.18. The third kappa shape index (κ3) is 3.29. The Morgan fingerprint density at radius 1 is 1.20 bits per heavy atom. The smallest absolute Gasteiger partial charge is 0.337 e. The fraction of sp³-hybridized carbons (Fsp3) is 0.188. The van der Waals surface area contributed by atoms with Gasteiger partial charge in [-0.15, -0.1) is 0 Å². The van der Waals surface area contributed by atoms with Gasteiger partial charge in [0, 0.05) is 17.7 Å². The maximum atomic E-state index is 11.4. The molecular weight excluding hydrogens is 254 g/mol. The minimum atomic E-state index is -0.357. The van der Waals surface area contributed by atoms with Crippen molar-refractivity contribution in [1.29, 1.82) is 0 Å². The van der Waals surface area contributed by atoms with Crippen LogP contribution in [0.4, 0.5) is 0 Å². The van der Waals surface area contributed by atoms with Crippen LogP contribution in [0, 0.1) is 0 Å². The van der Waals surface area contributed by atoms with Gasteiger partial charge < -0.3 is 9.53 Å². The van der Waals surface area contributed by atoms with Gasteiger partial charge in [0.15, 0.2) is 0 Å². The Bertz CT molecular complexity index is 605. The number of aromatic nitrogens is 1. The standard InChI is InChI=1S/C16H15NO3/c1-20-16(19)13-9-7-12(8-10-13)15-6-2-4-14(17-15)5-3-11-18/h2,4,6-11H,3,5H2,1H3. The van der Waals surface area contributed by atoms with Crippen molar-refractivity contribution in [3.8, 4) is 11.3 Å². The van der Waals surface area contributed by atoms with E-state index in [1.807, 2.05) is 30.3 Å². The van der Waals surface area contributed by atoms with Gasteiger partial charge in [0.2, 0.25) is 0 Å². The molecule has 0 unspecified atom stereocenters. The minimum Gasteiger partial charge on any atom is -0.465 e. The Morgan fingerprint density at radius 2 is 1.95 bits per heavy atom. The number of aryl methyl sites for hydroxylation is 1. The van der Waals surface area contributed by atoms with Gasteiger partial charge in [-0.05, 0) is 30.7 Å². The highest BCUT2D eigenvalue weighted by molar-refractivity contribution is 5.89. The number of methoxy groups -OCH3 is 1. The highest BCUT2D eigenvalue weighted by Gasteiger charge is 2.06. The van der Waals surface area contributed by atoms with Gasteiger partial charge in [-0.3, -0.25) is 4.98 Å². The molecule has 0 bridgehead atoms. The second-order valence-electron chi connectivity index (χ2n) is 4.29. The SMILES string of the molecule is COC(=O)c1ccc(-c2cccc(CCC=O)n2)cc1. The number of benzene rings is 1. The Labute approximate surface area is 117 Å². The first-order chi connectivity index (χ1) is 9.74. The molecule has 20 heavy (non-hydrogen) atoms. The molecule has 0 spiro atoms. The molecule has 2 rings (SSSR count). The van der Waals surface area contributed by atoms with Crippen molar-refractivity contribution in [2.75, 3.05) is 7.11 Å². The lowest BCUT2D eigenvalue weighted by atomic mass is 10.1. The Morgan fingerprint density at radius 3 is 2.60 bits per heavy atom. The summed E-state index contributed by atoms with van der Waals surface area (Å²) in [5.41, 5.74) is 3.13. The van der Waals surface area contributed by atoms with Crippen LogP contribution in [0.25, 0.3) is 11.3 Å². The monoisotopic (exact) mass is 269 g/mol. The number of esters is 1. The van der Waals surface area contributed by atoms with E-state index in [4.69, 9.17) is 0 Å². The maximum Gasteiger partial charge on any atom is 0.337 e. The molecule has 2 aromatic rings. The van der Waals surface area contributed by atoms with Crippen LogP contribution in [0.1, 0.15) is 22.5 Å². The van der Waals surface area contributed by atoms with Crippen LogP contribution in [0.2, 0.25) is 0 Å². The van der Waals surface area contributed by atoms with E-state index in [9.17, 15) is 9.59 Å². The van der Waals surface area contributed by atoms with Crippen LogP contribution in [0.5, 0.6) is 0 Å². The first kappa shape index (κ1) is 13.9. The van der Waals surface area contributed by atoms with Crippen LogP contribution < -0.4 is 0 Å². The Hall–Kier alpha value is -2.49. The molecular formula is C16H15NO3. The molecule has 0 atom stereocenters. The fourth-order valence-corrected chi connectivity index (χ4v) is 1.88. The van der Waals surface area contributed by atoms with Gasteiger partial charge in [-0.1, -0.05) is 18.2 Å². The van der Waals surface area contributed by atoms with E-state index in [-0.39, 0.29) is 5.97 Å². The van der Waals surface area contributed by atoms with E-state index in [1.54, 1.807) is 12.1 Å². The number of carbonyl (C=O) groups is 2. The summed E-state index contributed by atoms with van der Waals surface area (Å²) in [6.45, 7) is 0. The summed E-state index contributed by atoms with van der Waals surface area (Å²) < 4.78 is 4.66. The van der Waals surface area contributed by atoms with E-state index in [1.165, 1.54) is 7.11 Å². The van der Waals surface area contributed by atoms with Crippen molar-refractivity contribution in [3.05, 3.63) is 53.7 Å². The molecule has 0 radical (unpaired) electrons. The minimum absolute atomic E-state index is 0.357. The number of nitrogens with zero attached hydrogens (tertiary/aromatic N) is 1. The molecule has 1 heterocycles. The van der Waals surface area contributed by atoms with Crippen LogP contribution in [-0.4, -0.2) is 24.3 Å². The van der Waals surface area contributed by atoms with E-state index in [2.05, 4.69) is 9.72 Å². The maximum absolute atomic E-state index is 11.4. The third-order valence-corrected chi connectivity index (χ3v) is 2.93. The molecule has 1 aromatic carbocycles. The molecule has 0 fully saturated rings. The van der Waals surface area contributed by atoms with E-state index in [0.717, 1.165) is 23.2 Å². The van der Waals surface area contributed by atoms with Crippen molar-refractivity contribution in [2.45, 2.75) is 12.8 Å². The fourth-order valence-electron chi connectivity index (χ4n) is 1.88. The molecule has 0 aliphatic heterocycles. The predicted molar refractivity (Wildman–Crippen MR) is 75.4 cm³/mol. The van der Waals surface area contributed by atoms with E-state index in [0.29, 0.717) is 18.4 Å². The Balaban J connectivity index is 2.22. The lowest BCUT2D eigenvalue weighted by Crippen LogP contribution is -2.00. The summed E-state index contributed by atoms with van der Waals surface area (Å²) in [7, 11) is 1.36. The normalized spacial score (nSPS) is 10.1. The molecule has 0 amide bonds. The molecule has 4 heteroatoms. The summed E-state index contributed by atoms with van der Waals surface area (Å²) in [4.78, 5) is 26.3. The van der Waals surface area contributed by atoms with Crippen LogP contribution >= 0.6 is 0 Å².